The van der Waals surface area contributed by atoms with Crippen LogP contribution in [0.5, 0.6) is 0 Å². The van der Waals surface area contributed by atoms with Gasteiger partial charge in [0, 0.05) is 25.0 Å². The van der Waals surface area contributed by atoms with Gasteiger partial charge in [0.25, 0.3) is 0 Å². The molecule has 1 aromatic rings. The Hall–Kier alpha value is -1.03. The van der Waals surface area contributed by atoms with Crippen LogP contribution in [0.15, 0.2) is 28.3 Å². The first-order chi connectivity index (χ1) is 10.7. The van der Waals surface area contributed by atoms with Crippen LogP contribution < -0.4 is 10.5 Å². The average molecular weight is 361 g/mol. The van der Waals surface area contributed by atoms with Crippen molar-refractivity contribution >= 4 is 19.9 Å². The number of hydrogen-bond acceptors (Lipinski definition) is 6. The highest BCUT2D eigenvalue weighted by Gasteiger charge is 2.27. The van der Waals surface area contributed by atoms with Gasteiger partial charge in [0.1, 0.15) is 4.90 Å². The van der Waals surface area contributed by atoms with E-state index in [2.05, 4.69) is 9.71 Å². The molecule has 1 aliphatic rings. The van der Waals surface area contributed by atoms with Crippen molar-refractivity contribution in [2.75, 3.05) is 12.8 Å². The second-order valence-corrected chi connectivity index (χ2v) is 9.64. The summed E-state index contributed by atoms with van der Waals surface area (Å²) in [6, 6.07) is 2.14. The van der Waals surface area contributed by atoms with E-state index in [0.29, 0.717) is 0 Å². The minimum atomic E-state index is -3.77. The summed E-state index contributed by atoms with van der Waals surface area (Å²) in [6.45, 7) is 0.235. The van der Waals surface area contributed by atoms with Gasteiger partial charge in [-0.3, -0.25) is 0 Å². The van der Waals surface area contributed by atoms with Gasteiger partial charge in [0.15, 0.2) is 14.9 Å². The topological polar surface area (TPSA) is 119 Å². The molecule has 1 saturated carbocycles. The van der Waals surface area contributed by atoms with E-state index in [-0.39, 0.29) is 28.4 Å². The van der Waals surface area contributed by atoms with E-state index in [4.69, 9.17) is 5.73 Å². The molecule has 0 aromatic carbocycles. The second-order valence-electron chi connectivity index (χ2n) is 5.97. The van der Waals surface area contributed by atoms with E-state index in [1.54, 1.807) is 0 Å². The summed E-state index contributed by atoms with van der Waals surface area (Å²) in [7, 11) is -7.23. The smallest absolute Gasteiger partial charge is 0.242 e. The Morgan fingerprint density at radius 2 is 1.87 bits per heavy atom. The summed E-state index contributed by atoms with van der Waals surface area (Å²) in [4.78, 5) is 3.67. The molecule has 23 heavy (non-hydrogen) atoms. The van der Waals surface area contributed by atoms with Gasteiger partial charge < -0.3 is 5.73 Å². The van der Waals surface area contributed by atoms with Crippen LogP contribution in [0.3, 0.4) is 0 Å². The third-order valence-corrected chi connectivity index (χ3v) is 6.66. The number of nitrogens with one attached hydrogen (secondary N) is 1. The van der Waals surface area contributed by atoms with Crippen molar-refractivity contribution in [3.63, 3.8) is 0 Å². The molecule has 2 rings (SSSR count). The number of rotatable bonds is 6. The SMILES string of the molecule is CS(=O)(=O)c1ccc(S(=O)(=O)NC(CN)C2CCCCC2)cn1. The average Bonchev–Trinajstić information content (AvgIpc) is 2.53. The zero-order valence-corrected chi connectivity index (χ0v) is 14.7. The fourth-order valence-corrected chi connectivity index (χ4v) is 4.71. The monoisotopic (exact) mass is 361 g/mol. The summed E-state index contributed by atoms with van der Waals surface area (Å²) >= 11 is 0. The Kier molecular flexibility index (Phi) is 5.77. The van der Waals surface area contributed by atoms with Crippen LogP contribution in [0.2, 0.25) is 0 Å². The summed E-state index contributed by atoms with van der Waals surface area (Å²) in [5.74, 6) is 0.242. The van der Waals surface area contributed by atoms with E-state index in [1.165, 1.54) is 18.6 Å². The number of nitrogens with two attached hydrogens (primary N) is 1. The number of hydrogen-bond donors (Lipinski definition) is 2. The standard InChI is InChI=1S/C14H23N3O4S2/c1-22(18,19)14-8-7-12(10-16-14)23(20,21)17-13(9-15)11-5-3-2-4-6-11/h7-8,10-11,13,17H,2-6,9,15H2,1H3. The first kappa shape index (κ1) is 18.3. The molecule has 1 unspecified atom stereocenters. The van der Waals surface area contributed by atoms with Gasteiger partial charge in [-0.2, -0.15) is 0 Å². The molecule has 9 heteroatoms. The summed E-state index contributed by atoms with van der Waals surface area (Å²) < 4.78 is 50.3. The third-order valence-electron chi connectivity index (χ3n) is 4.18. The minimum absolute atomic E-state index is 0.0563. The predicted octanol–water partition coefficient (Wildman–Crippen LogP) is 0.671. The third kappa shape index (κ3) is 4.72. The van der Waals surface area contributed by atoms with Crippen LogP contribution in [0.1, 0.15) is 32.1 Å². The zero-order chi connectivity index (χ0) is 17.1. The molecular formula is C14H23N3O4S2. The zero-order valence-electron chi connectivity index (χ0n) is 13.1. The van der Waals surface area contributed by atoms with Gasteiger partial charge in [-0.15, -0.1) is 0 Å². The first-order valence-corrected chi connectivity index (χ1v) is 11.0. The number of aromatic nitrogens is 1. The van der Waals surface area contributed by atoms with E-state index >= 15 is 0 Å². The fourth-order valence-electron chi connectivity index (χ4n) is 2.89. The normalized spacial score (nSPS) is 18.7. The summed E-state index contributed by atoms with van der Waals surface area (Å²) in [5, 5.41) is -0.154. The van der Waals surface area contributed by atoms with E-state index in [1.807, 2.05) is 0 Å². The van der Waals surface area contributed by atoms with Crippen LogP contribution in [-0.4, -0.2) is 40.7 Å². The number of sulfone groups is 1. The van der Waals surface area contributed by atoms with Crippen LogP contribution in [0, 0.1) is 5.92 Å². The van der Waals surface area contributed by atoms with Crippen LogP contribution in [0.25, 0.3) is 0 Å². The van der Waals surface area contributed by atoms with E-state index in [9.17, 15) is 16.8 Å². The molecule has 0 radical (unpaired) electrons. The maximum Gasteiger partial charge on any atom is 0.242 e. The lowest BCUT2D eigenvalue weighted by Gasteiger charge is -2.29. The highest BCUT2D eigenvalue weighted by Crippen LogP contribution is 2.27. The highest BCUT2D eigenvalue weighted by molar-refractivity contribution is 7.90. The molecule has 1 heterocycles. The van der Waals surface area contributed by atoms with Crippen LogP contribution >= 0.6 is 0 Å². The molecular weight excluding hydrogens is 338 g/mol. The van der Waals surface area contributed by atoms with Gasteiger partial charge in [-0.05, 0) is 30.9 Å². The molecule has 1 fully saturated rings. The van der Waals surface area contributed by atoms with Gasteiger partial charge in [-0.25, -0.2) is 26.5 Å². The van der Waals surface area contributed by atoms with Gasteiger partial charge in [-0.1, -0.05) is 19.3 Å². The second kappa shape index (κ2) is 7.25. The molecule has 0 bridgehead atoms. The molecule has 130 valence electrons. The Morgan fingerprint density at radius 1 is 1.22 bits per heavy atom. The van der Waals surface area contributed by atoms with Crippen molar-refractivity contribution in [1.82, 2.24) is 9.71 Å². The lowest BCUT2D eigenvalue weighted by atomic mass is 9.84. The van der Waals surface area contributed by atoms with Crippen molar-refractivity contribution in [3.8, 4) is 0 Å². The Morgan fingerprint density at radius 3 is 2.35 bits per heavy atom. The summed E-state index contributed by atoms with van der Waals surface area (Å²) in [6.07, 6.45) is 7.38. The van der Waals surface area contributed by atoms with Crippen LogP contribution in [0.4, 0.5) is 0 Å². The highest BCUT2D eigenvalue weighted by atomic mass is 32.2. The molecule has 0 amide bonds. The predicted molar refractivity (Wildman–Crippen MR) is 87.1 cm³/mol. The Balaban J connectivity index is 2.16. The van der Waals surface area contributed by atoms with Crippen LogP contribution in [-0.2, 0) is 19.9 Å². The number of nitrogens with zero attached hydrogens (tertiary/aromatic N) is 1. The van der Waals surface area contributed by atoms with Crippen molar-refractivity contribution < 1.29 is 16.8 Å². The Bertz CT molecular complexity index is 724. The van der Waals surface area contributed by atoms with Crippen molar-refractivity contribution in [1.29, 1.82) is 0 Å². The Labute approximate surface area is 137 Å². The van der Waals surface area contributed by atoms with Gasteiger partial charge >= 0.3 is 0 Å². The van der Waals surface area contributed by atoms with Crippen molar-refractivity contribution in [3.05, 3.63) is 18.3 Å². The number of sulfonamides is 1. The number of pyridine rings is 1. The van der Waals surface area contributed by atoms with E-state index in [0.717, 1.165) is 38.1 Å². The van der Waals surface area contributed by atoms with Gasteiger partial charge in [0.2, 0.25) is 10.0 Å². The molecule has 1 atom stereocenters. The first-order valence-electron chi connectivity index (χ1n) is 7.62. The largest absolute Gasteiger partial charge is 0.329 e. The molecule has 7 nitrogen and oxygen atoms in total. The maximum atomic E-state index is 12.4. The molecule has 0 spiro atoms. The van der Waals surface area contributed by atoms with Gasteiger partial charge in [0.05, 0.1) is 0 Å². The molecule has 1 aromatic heterocycles. The lowest BCUT2D eigenvalue weighted by molar-refractivity contribution is 0.294. The molecule has 0 aliphatic heterocycles. The molecule has 0 saturated heterocycles. The fraction of sp³-hybridized carbons (Fsp3) is 0.643. The molecule has 3 N–H and O–H groups in total. The van der Waals surface area contributed by atoms with E-state index < -0.39 is 19.9 Å². The summed E-state index contributed by atoms with van der Waals surface area (Å²) in [5.41, 5.74) is 5.75. The lowest BCUT2D eigenvalue weighted by Crippen LogP contribution is -2.45. The minimum Gasteiger partial charge on any atom is -0.329 e. The quantitative estimate of drug-likeness (QED) is 0.768. The van der Waals surface area contributed by atoms with Crippen molar-refractivity contribution in [2.45, 2.75) is 48.1 Å². The van der Waals surface area contributed by atoms with Crippen molar-refractivity contribution in [2.24, 2.45) is 11.7 Å². The molecule has 1 aliphatic carbocycles. The maximum absolute atomic E-state index is 12.4.